The quantitative estimate of drug-likeness (QED) is 0.728. The molecule has 0 unspecified atom stereocenters. The molecule has 0 aliphatic carbocycles. The Morgan fingerprint density at radius 3 is 2.62 bits per heavy atom. The van der Waals surface area contributed by atoms with Gasteiger partial charge in [0.2, 0.25) is 0 Å². The minimum absolute atomic E-state index is 0.361. The molecule has 1 saturated heterocycles. The number of ether oxygens (including phenoxy) is 2. The molecule has 1 N–H and O–H groups in total. The van der Waals surface area contributed by atoms with Gasteiger partial charge in [-0.25, -0.2) is 9.69 Å². The van der Waals surface area contributed by atoms with E-state index in [-0.39, 0.29) is 5.91 Å². The average molecular weight is 397 g/mol. The number of amides is 2. The number of carbonyl (C=O) groups excluding carboxylic acids is 2. The molecule has 0 atom stereocenters. The Balaban J connectivity index is 2.04. The fourth-order valence-corrected chi connectivity index (χ4v) is 3.38. The summed E-state index contributed by atoms with van der Waals surface area (Å²) in [5, 5.41) is 3.23. The summed E-state index contributed by atoms with van der Waals surface area (Å²) in [6.45, 7) is 6.66. The summed E-state index contributed by atoms with van der Waals surface area (Å²) in [6, 6.07) is 5.25. The van der Waals surface area contributed by atoms with Crippen LogP contribution in [0.2, 0.25) is 0 Å². The summed E-state index contributed by atoms with van der Waals surface area (Å²) in [6.07, 6.45) is 0.376. The summed E-state index contributed by atoms with van der Waals surface area (Å²) in [7, 11) is 0. The second-order valence-corrected chi connectivity index (χ2v) is 7.98. The second kappa shape index (κ2) is 6.04. The molecule has 0 radical (unpaired) electrons. The predicted octanol–water partition coefficient (Wildman–Crippen LogP) is 3.30. The van der Waals surface area contributed by atoms with Gasteiger partial charge >= 0.3 is 6.09 Å². The highest BCUT2D eigenvalue weighted by Crippen LogP contribution is 2.40. The molecule has 0 bridgehead atoms. The number of piperidine rings is 1. The van der Waals surface area contributed by atoms with Crippen molar-refractivity contribution in [2.24, 2.45) is 0 Å². The number of benzene rings is 1. The molecule has 1 spiro atoms. The van der Waals surface area contributed by atoms with Crippen molar-refractivity contribution in [2.75, 3.05) is 13.1 Å². The highest BCUT2D eigenvalue weighted by atomic mass is 79.9. The van der Waals surface area contributed by atoms with E-state index in [0.29, 0.717) is 37.2 Å². The molecule has 2 amide bonds. The van der Waals surface area contributed by atoms with Crippen LogP contribution in [0.25, 0.3) is 0 Å². The van der Waals surface area contributed by atoms with E-state index in [1.54, 1.807) is 32.9 Å². The fraction of sp³-hybridized carbons (Fsp3) is 0.529. The molecular formula is C17H21BrN2O4. The maximum Gasteiger partial charge on any atom is 0.420 e. The van der Waals surface area contributed by atoms with E-state index in [1.807, 2.05) is 6.07 Å². The lowest BCUT2D eigenvalue weighted by Gasteiger charge is -2.47. The van der Waals surface area contributed by atoms with Gasteiger partial charge in [-0.1, -0.05) is 15.9 Å². The van der Waals surface area contributed by atoms with Gasteiger partial charge in [-0.2, -0.15) is 0 Å². The lowest BCUT2D eigenvalue weighted by molar-refractivity contribution is -0.0945. The highest BCUT2D eigenvalue weighted by molar-refractivity contribution is 9.10. The van der Waals surface area contributed by atoms with Gasteiger partial charge in [0.05, 0.1) is 5.56 Å². The van der Waals surface area contributed by atoms with Crippen LogP contribution in [0.1, 0.15) is 44.0 Å². The van der Waals surface area contributed by atoms with E-state index in [0.717, 1.165) is 9.37 Å². The fourth-order valence-electron chi connectivity index (χ4n) is 3.01. The Bertz CT molecular complexity index is 678. The average Bonchev–Trinajstić information content (AvgIpc) is 2.47. The normalized spacial score (nSPS) is 19.7. The number of hydrogen-bond donors (Lipinski definition) is 1. The van der Waals surface area contributed by atoms with Crippen molar-refractivity contribution < 1.29 is 19.1 Å². The molecule has 1 aromatic rings. The molecule has 0 saturated carbocycles. The van der Waals surface area contributed by atoms with Crippen LogP contribution < -0.4 is 10.1 Å². The van der Waals surface area contributed by atoms with Crippen LogP contribution in [0.5, 0.6) is 5.75 Å². The van der Waals surface area contributed by atoms with Gasteiger partial charge in [-0.3, -0.25) is 4.79 Å². The van der Waals surface area contributed by atoms with Gasteiger partial charge in [-0.15, -0.1) is 0 Å². The summed E-state index contributed by atoms with van der Waals surface area (Å²) in [4.78, 5) is 27.0. The minimum Gasteiger partial charge on any atom is -0.466 e. The third-order valence-corrected chi connectivity index (χ3v) is 4.54. The molecule has 2 aliphatic rings. The first-order valence-corrected chi connectivity index (χ1v) is 8.78. The number of nitrogens with zero attached hydrogens (tertiary/aromatic N) is 1. The van der Waals surface area contributed by atoms with Gasteiger partial charge in [-0.05, 0) is 39.0 Å². The van der Waals surface area contributed by atoms with Crippen LogP contribution in [0.15, 0.2) is 22.7 Å². The number of hydrogen-bond acceptors (Lipinski definition) is 5. The molecule has 3 rings (SSSR count). The molecule has 1 aromatic carbocycles. The first-order valence-electron chi connectivity index (χ1n) is 7.99. The molecule has 7 heteroatoms. The Kier molecular flexibility index (Phi) is 4.34. The maximum absolute atomic E-state index is 13.1. The summed E-state index contributed by atoms with van der Waals surface area (Å²) >= 11 is 3.36. The van der Waals surface area contributed by atoms with E-state index in [1.165, 1.54) is 0 Å². The van der Waals surface area contributed by atoms with Crippen molar-refractivity contribution in [1.82, 2.24) is 10.2 Å². The molecule has 2 aliphatic heterocycles. The Labute approximate surface area is 149 Å². The lowest BCUT2D eigenvalue weighted by Crippen LogP contribution is -2.64. The number of carbonyl (C=O) groups is 2. The first kappa shape index (κ1) is 17.2. The Hall–Kier alpha value is -1.60. The molecule has 0 aromatic heterocycles. The topological polar surface area (TPSA) is 67.9 Å². The molecule has 6 nitrogen and oxygen atoms in total. The van der Waals surface area contributed by atoms with Crippen molar-refractivity contribution >= 4 is 27.9 Å². The second-order valence-electron chi connectivity index (χ2n) is 7.06. The van der Waals surface area contributed by atoms with Gasteiger partial charge in [0.25, 0.3) is 5.91 Å². The van der Waals surface area contributed by atoms with Crippen LogP contribution in [-0.4, -0.2) is 41.3 Å². The van der Waals surface area contributed by atoms with Gasteiger partial charge in [0, 0.05) is 30.4 Å². The SMILES string of the molecule is CC(C)(C)OC(=O)N1C(=O)c2cc(Br)ccc2OC12CCNCC2. The summed E-state index contributed by atoms with van der Waals surface area (Å²) < 4.78 is 12.4. The molecule has 1 fully saturated rings. The van der Waals surface area contributed by atoms with Crippen molar-refractivity contribution in [2.45, 2.75) is 44.9 Å². The number of halogens is 1. The van der Waals surface area contributed by atoms with E-state index in [4.69, 9.17) is 9.47 Å². The Morgan fingerprint density at radius 2 is 2.00 bits per heavy atom. The maximum atomic E-state index is 13.1. The van der Waals surface area contributed by atoms with Gasteiger partial charge < -0.3 is 14.8 Å². The number of fused-ring (bicyclic) bond motifs is 1. The third-order valence-electron chi connectivity index (χ3n) is 4.04. The van der Waals surface area contributed by atoms with Crippen molar-refractivity contribution in [3.8, 4) is 5.75 Å². The number of rotatable bonds is 0. The zero-order chi connectivity index (χ0) is 17.5. The summed E-state index contributed by atoms with van der Waals surface area (Å²) in [5.41, 5.74) is -1.33. The van der Waals surface area contributed by atoms with E-state index >= 15 is 0 Å². The van der Waals surface area contributed by atoms with E-state index < -0.39 is 17.4 Å². The van der Waals surface area contributed by atoms with E-state index in [2.05, 4.69) is 21.2 Å². The summed E-state index contributed by atoms with van der Waals surface area (Å²) in [5.74, 6) is 0.124. The zero-order valence-electron chi connectivity index (χ0n) is 14.0. The van der Waals surface area contributed by atoms with Crippen molar-refractivity contribution in [3.05, 3.63) is 28.2 Å². The molecule has 130 valence electrons. The van der Waals surface area contributed by atoms with Gasteiger partial charge in [0.15, 0.2) is 5.72 Å². The highest BCUT2D eigenvalue weighted by Gasteiger charge is 2.52. The van der Waals surface area contributed by atoms with E-state index in [9.17, 15) is 9.59 Å². The van der Waals surface area contributed by atoms with Crippen LogP contribution in [0.3, 0.4) is 0 Å². The largest absolute Gasteiger partial charge is 0.466 e. The van der Waals surface area contributed by atoms with Crippen LogP contribution in [0, 0.1) is 0 Å². The van der Waals surface area contributed by atoms with Crippen molar-refractivity contribution in [3.63, 3.8) is 0 Å². The molecule has 2 heterocycles. The Morgan fingerprint density at radius 1 is 1.33 bits per heavy atom. The lowest BCUT2D eigenvalue weighted by atomic mass is 9.96. The third kappa shape index (κ3) is 3.15. The number of nitrogens with one attached hydrogen (secondary N) is 1. The molecular weight excluding hydrogens is 376 g/mol. The van der Waals surface area contributed by atoms with Crippen LogP contribution in [-0.2, 0) is 4.74 Å². The predicted molar refractivity (Wildman–Crippen MR) is 92.0 cm³/mol. The molecule has 24 heavy (non-hydrogen) atoms. The first-order chi connectivity index (χ1) is 11.2. The monoisotopic (exact) mass is 396 g/mol. The van der Waals surface area contributed by atoms with Crippen LogP contribution in [0.4, 0.5) is 4.79 Å². The van der Waals surface area contributed by atoms with Crippen LogP contribution >= 0.6 is 15.9 Å². The van der Waals surface area contributed by atoms with Gasteiger partial charge in [0.1, 0.15) is 11.4 Å². The number of imide groups is 1. The standard InChI is InChI=1S/C17H21BrN2O4/c1-16(2,3)24-15(22)20-14(21)12-10-11(18)4-5-13(12)23-17(20)6-8-19-9-7-17/h4-5,10,19H,6-9H2,1-3H3. The zero-order valence-corrected chi connectivity index (χ0v) is 15.6. The smallest absolute Gasteiger partial charge is 0.420 e. The minimum atomic E-state index is -0.995. The van der Waals surface area contributed by atoms with Crippen molar-refractivity contribution in [1.29, 1.82) is 0 Å².